The van der Waals surface area contributed by atoms with Crippen molar-refractivity contribution >= 4 is 27.3 Å². The van der Waals surface area contributed by atoms with Crippen LogP contribution in [0.4, 0.5) is 10.1 Å². The highest BCUT2D eigenvalue weighted by atomic mass is 35.5. The van der Waals surface area contributed by atoms with Gasteiger partial charge in [0.1, 0.15) is 5.82 Å². The highest BCUT2D eigenvalue weighted by Gasteiger charge is 2.16. The lowest BCUT2D eigenvalue weighted by molar-refractivity contribution is 0.598. The van der Waals surface area contributed by atoms with Crippen molar-refractivity contribution in [1.29, 1.82) is 0 Å². The van der Waals surface area contributed by atoms with E-state index in [1.807, 2.05) is 0 Å². The van der Waals surface area contributed by atoms with Crippen LogP contribution in [0, 0.1) is 5.82 Å². The Morgan fingerprint density at radius 3 is 2.38 bits per heavy atom. The summed E-state index contributed by atoms with van der Waals surface area (Å²) in [5.41, 5.74) is 0.936. The van der Waals surface area contributed by atoms with Crippen molar-refractivity contribution in [3.63, 3.8) is 0 Å². The van der Waals surface area contributed by atoms with Crippen LogP contribution in [0.15, 0.2) is 47.4 Å². The molecule has 0 atom stereocenters. The second-order valence-corrected chi connectivity index (χ2v) is 6.74. The lowest BCUT2D eigenvalue weighted by Gasteiger charge is -2.09. The maximum atomic E-state index is 13.6. The molecule has 0 aliphatic carbocycles. The van der Waals surface area contributed by atoms with Crippen LogP contribution < -0.4 is 4.72 Å². The first kappa shape index (κ1) is 15.8. The van der Waals surface area contributed by atoms with E-state index in [-0.39, 0.29) is 15.6 Å². The van der Waals surface area contributed by atoms with E-state index in [0.717, 1.165) is 24.5 Å². The quantitative estimate of drug-likeness (QED) is 0.893. The smallest absolute Gasteiger partial charge is 0.261 e. The standard InChI is InChI=1S/C15H15ClFNO2S/c1-2-3-11-4-7-13(8-5-11)21(19,20)18-15-9-6-12(16)10-14(15)17/h4-10,18H,2-3H2,1H3. The normalized spacial score (nSPS) is 11.4. The molecule has 0 radical (unpaired) electrons. The van der Waals surface area contributed by atoms with Crippen LogP contribution in [-0.2, 0) is 16.4 Å². The maximum absolute atomic E-state index is 13.6. The molecule has 0 saturated heterocycles. The Bertz CT molecular complexity index is 730. The summed E-state index contributed by atoms with van der Waals surface area (Å²) in [6, 6.07) is 10.3. The summed E-state index contributed by atoms with van der Waals surface area (Å²) in [5, 5.41) is 0.208. The van der Waals surface area contributed by atoms with E-state index in [0.29, 0.717) is 0 Å². The SMILES string of the molecule is CCCc1ccc(S(=O)(=O)Nc2ccc(Cl)cc2F)cc1. The highest BCUT2D eigenvalue weighted by molar-refractivity contribution is 7.92. The van der Waals surface area contributed by atoms with E-state index in [4.69, 9.17) is 11.6 Å². The maximum Gasteiger partial charge on any atom is 0.261 e. The Morgan fingerprint density at radius 2 is 1.81 bits per heavy atom. The van der Waals surface area contributed by atoms with E-state index in [1.54, 1.807) is 12.1 Å². The van der Waals surface area contributed by atoms with E-state index in [9.17, 15) is 12.8 Å². The lowest BCUT2D eigenvalue weighted by Crippen LogP contribution is -2.14. The monoisotopic (exact) mass is 327 g/mol. The summed E-state index contributed by atoms with van der Waals surface area (Å²) in [6.07, 6.45) is 1.87. The molecule has 2 aromatic rings. The highest BCUT2D eigenvalue weighted by Crippen LogP contribution is 2.22. The Morgan fingerprint density at radius 1 is 1.14 bits per heavy atom. The summed E-state index contributed by atoms with van der Waals surface area (Å²) < 4.78 is 40.3. The molecule has 0 unspecified atom stereocenters. The Labute approximate surface area is 128 Å². The number of rotatable bonds is 5. The van der Waals surface area contributed by atoms with Gasteiger partial charge in [0, 0.05) is 5.02 Å². The van der Waals surface area contributed by atoms with Gasteiger partial charge in [-0.3, -0.25) is 4.72 Å². The van der Waals surface area contributed by atoms with Crippen molar-refractivity contribution in [2.75, 3.05) is 4.72 Å². The Kier molecular flexibility index (Phi) is 4.85. The minimum atomic E-state index is -3.81. The van der Waals surface area contributed by atoms with Gasteiger partial charge in [-0.2, -0.15) is 0 Å². The molecule has 0 aliphatic heterocycles. The van der Waals surface area contributed by atoms with Crippen molar-refractivity contribution in [3.8, 4) is 0 Å². The third-order valence-corrected chi connectivity index (χ3v) is 4.56. The molecular weight excluding hydrogens is 313 g/mol. The Balaban J connectivity index is 2.25. The van der Waals surface area contributed by atoms with E-state index >= 15 is 0 Å². The van der Waals surface area contributed by atoms with Gasteiger partial charge in [-0.1, -0.05) is 37.1 Å². The molecule has 0 saturated carbocycles. The van der Waals surface area contributed by atoms with Crippen molar-refractivity contribution in [2.45, 2.75) is 24.7 Å². The largest absolute Gasteiger partial charge is 0.277 e. The molecule has 0 heterocycles. The first-order chi connectivity index (χ1) is 9.92. The summed E-state index contributed by atoms with van der Waals surface area (Å²) in [7, 11) is -3.81. The minimum absolute atomic E-state index is 0.0942. The molecule has 112 valence electrons. The number of halogens is 2. The Hall–Kier alpha value is -1.59. The zero-order chi connectivity index (χ0) is 15.5. The zero-order valence-electron chi connectivity index (χ0n) is 11.4. The number of nitrogens with one attached hydrogen (secondary N) is 1. The van der Waals surface area contributed by atoms with Gasteiger partial charge in [-0.25, -0.2) is 12.8 Å². The average Bonchev–Trinajstić information content (AvgIpc) is 2.43. The molecule has 2 rings (SSSR count). The molecule has 2 aromatic carbocycles. The fraction of sp³-hybridized carbons (Fsp3) is 0.200. The number of benzene rings is 2. The molecule has 0 fully saturated rings. The van der Waals surface area contributed by atoms with Crippen LogP contribution in [0.1, 0.15) is 18.9 Å². The second-order valence-electron chi connectivity index (χ2n) is 4.62. The topological polar surface area (TPSA) is 46.2 Å². The van der Waals surface area contributed by atoms with Gasteiger partial charge in [-0.05, 0) is 42.3 Å². The molecule has 6 heteroatoms. The summed E-state index contributed by atoms with van der Waals surface area (Å²) in [6.45, 7) is 2.05. The lowest BCUT2D eigenvalue weighted by atomic mass is 10.1. The van der Waals surface area contributed by atoms with Crippen LogP contribution in [-0.4, -0.2) is 8.42 Å². The first-order valence-corrected chi connectivity index (χ1v) is 8.35. The fourth-order valence-electron chi connectivity index (χ4n) is 1.90. The van der Waals surface area contributed by atoms with E-state index in [2.05, 4.69) is 11.6 Å². The van der Waals surface area contributed by atoms with Crippen molar-refractivity contribution in [3.05, 3.63) is 58.9 Å². The van der Waals surface area contributed by atoms with Gasteiger partial charge in [0.05, 0.1) is 10.6 Å². The molecule has 1 N–H and O–H groups in total. The molecule has 0 aliphatic rings. The third-order valence-electron chi connectivity index (χ3n) is 2.95. The van der Waals surface area contributed by atoms with E-state index in [1.165, 1.54) is 24.3 Å². The molecule has 21 heavy (non-hydrogen) atoms. The zero-order valence-corrected chi connectivity index (χ0v) is 13.0. The summed E-state index contributed by atoms with van der Waals surface area (Å²) in [4.78, 5) is 0.0942. The molecule has 0 spiro atoms. The molecular formula is C15H15ClFNO2S. The van der Waals surface area contributed by atoms with Gasteiger partial charge < -0.3 is 0 Å². The molecule has 0 aromatic heterocycles. The summed E-state index contributed by atoms with van der Waals surface area (Å²) >= 11 is 5.64. The van der Waals surface area contributed by atoms with Crippen LogP contribution in [0.5, 0.6) is 0 Å². The van der Waals surface area contributed by atoms with E-state index < -0.39 is 15.8 Å². The van der Waals surface area contributed by atoms with Crippen molar-refractivity contribution < 1.29 is 12.8 Å². The minimum Gasteiger partial charge on any atom is -0.277 e. The van der Waals surface area contributed by atoms with Gasteiger partial charge in [-0.15, -0.1) is 0 Å². The summed E-state index contributed by atoms with van der Waals surface area (Å²) in [5.74, 6) is -0.714. The first-order valence-electron chi connectivity index (χ1n) is 6.49. The van der Waals surface area contributed by atoms with Crippen molar-refractivity contribution in [1.82, 2.24) is 0 Å². The van der Waals surface area contributed by atoms with Crippen LogP contribution >= 0.6 is 11.6 Å². The van der Waals surface area contributed by atoms with Gasteiger partial charge in [0.2, 0.25) is 0 Å². The number of hydrogen-bond acceptors (Lipinski definition) is 2. The third kappa shape index (κ3) is 3.95. The second kappa shape index (κ2) is 6.45. The number of anilines is 1. The molecule has 0 amide bonds. The van der Waals surface area contributed by atoms with Gasteiger partial charge in [0.15, 0.2) is 0 Å². The number of sulfonamides is 1. The van der Waals surface area contributed by atoms with Crippen LogP contribution in [0.2, 0.25) is 5.02 Å². The number of aryl methyl sites for hydroxylation is 1. The van der Waals surface area contributed by atoms with Gasteiger partial charge in [0.25, 0.3) is 10.0 Å². The molecule has 0 bridgehead atoms. The predicted octanol–water partition coefficient (Wildman–Crippen LogP) is 4.23. The predicted molar refractivity (Wildman–Crippen MR) is 82.7 cm³/mol. The van der Waals surface area contributed by atoms with Crippen LogP contribution in [0.3, 0.4) is 0 Å². The average molecular weight is 328 g/mol. The van der Waals surface area contributed by atoms with Crippen molar-refractivity contribution in [2.24, 2.45) is 0 Å². The van der Waals surface area contributed by atoms with Crippen LogP contribution in [0.25, 0.3) is 0 Å². The van der Waals surface area contributed by atoms with Gasteiger partial charge >= 0.3 is 0 Å². The number of hydrogen-bond donors (Lipinski definition) is 1. The fourth-order valence-corrected chi connectivity index (χ4v) is 3.13. The molecule has 3 nitrogen and oxygen atoms in total.